The number of hydrogen-bond donors (Lipinski definition) is 3. The maximum atomic E-state index is 13.4. The standard InChI is InChI=1S/C14H14F12O6/c1-8(2,7(29)30)10(13(21,22)23,14(24,25)26)32-4-3-5(6(27)28)9(31,11(15,16)17)12(18,19)20/h5,31H,3-4H2,1-2H3,(H,27,28)(H,29,30). The molecule has 0 aromatic heterocycles. The van der Waals surface area contributed by atoms with E-state index in [0.29, 0.717) is 0 Å². The van der Waals surface area contributed by atoms with Crippen LogP contribution in [-0.2, 0) is 14.3 Å². The lowest BCUT2D eigenvalue weighted by Gasteiger charge is -2.45. The van der Waals surface area contributed by atoms with E-state index in [1.165, 1.54) is 0 Å². The zero-order valence-corrected chi connectivity index (χ0v) is 15.6. The maximum Gasteiger partial charge on any atom is 0.427 e. The van der Waals surface area contributed by atoms with E-state index in [1.807, 2.05) is 0 Å². The molecule has 0 aromatic rings. The van der Waals surface area contributed by atoms with E-state index in [9.17, 15) is 62.3 Å². The fraction of sp³-hybridized carbons (Fsp3) is 0.857. The third-order valence-corrected chi connectivity index (χ3v) is 4.61. The topological polar surface area (TPSA) is 104 Å². The van der Waals surface area contributed by atoms with E-state index in [2.05, 4.69) is 4.74 Å². The predicted octanol–water partition coefficient (Wildman–Crippen LogP) is 3.92. The molecule has 0 saturated carbocycles. The van der Waals surface area contributed by atoms with Gasteiger partial charge in [-0.25, -0.2) is 0 Å². The second-order valence-corrected chi connectivity index (χ2v) is 6.90. The van der Waals surface area contributed by atoms with E-state index < -0.39 is 72.2 Å². The van der Waals surface area contributed by atoms with Gasteiger partial charge in [0.25, 0.3) is 11.2 Å². The summed E-state index contributed by atoms with van der Waals surface area (Å²) < 4.78 is 161. The summed E-state index contributed by atoms with van der Waals surface area (Å²) in [5.41, 5.74) is -15.7. The normalized spacial score (nSPS) is 16.1. The van der Waals surface area contributed by atoms with Gasteiger partial charge in [0, 0.05) is 6.61 Å². The first-order valence-electron chi connectivity index (χ1n) is 7.83. The molecule has 0 fully saturated rings. The number of rotatable bonds is 8. The Kier molecular flexibility index (Phi) is 7.90. The molecule has 190 valence electrons. The smallest absolute Gasteiger partial charge is 0.427 e. The van der Waals surface area contributed by atoms with Crippen LogP contribution in [0.1, 0.15) is 20.3 Å². The molecule has 18 heteroatoms. The molecular formula is C14H14F12O6. The molecule has 3 N–H and O–H groups in total. The van der Waals surface area contributed by atoms with Crippen LogP contribution in [0.3, 0.4) is 0 Å². The molecule has 0 aliphatic carbocycles. The number of carbonyl (C=O) groups is 2. The minimum atomic E-state index is -6.78. The van der Waals surface area contributed by atoms with Crippen LogP contribution >= 0.6 is 0 Å². The molecule has 0 aliphatic heterocycles. The van der Waals surface area contributed by atoms with Gasteiger partial charge in [0.15, 0.2) is 0 Å². The van der Waals surface area contributed by atoms with Crippen molar-refractivity contribution >= 4 is 11.9 Å². The van der Waals surface area contributed by atoms with Crippen LogP contribution < -0.4 is 0 Å². The molecular weight excluding hydrogens is 492 g/mol. The summed E-state index contributed by atoms with van der Waals surface area (Å²) in [7, 11) is 0. The molecule has 1 atom stereocenters. The van der Waals surface area contributed by atoms with E-state index in [4.69, 9.17) is 15.3 Å². The zero-order valence-electron chi connectivity index (χ0n) is 15.6. The minimum Gasteiger partial charge on any atom is -0.481 e. The molecule has 0 amide bonds. The number of carboxylic acid groups (broad SMARTS) is 2. The van der Waals surface area contributed by atoms with Crippen molar-refractivity contribution in [1.29, 1.82) is 0 Å². The largest absolute Gasteiger partial charge is 0.481 e. The highest BCUT2D eigenvalue weighted by Crippen LogP contribution is 2.56. The molecule has 0 spiro atoms. The third-order valence-electron chi connectivity index (χ3n) is 4.61. The van der Waals surface area contributed by atoms with E-state index in [-0.39, 0.29) is 13.8 Å². The molecule has 0 aliphatic rings. The molecule has 0 radical (unpaired) electrons. The van der Waals surface area contributed by atoms with Gasteiger partial charge in [-0.15, -0.1) is 0 Å². The van der Waals surface area contributed by atoms with Crippen LogP contribution in [0.15, 0.2) is 0 Å². The van der Waals surface area contributed by atoms with Crippen LogP contribution in [-0.4, -0.2) is 69.8 Å². The lowest BCUT2D eigenvalue weighted by Crippen LogP contribution is -2.69. The fourth-order valence-corrected chi connectivity index (χ4v) is 2.76. The second-order valence-electron chi connectivity index (χ2n) is 6.90. The molecule has 0 saturated heterocycles. The average Bonchev–Trinajstić information content (AvgIpc) is 2.48. The van der Waals surface area contributed by atoms with Crippen molar-refractivity contribution in [3.8, 4) is 0 Å². The Labute approximate surface area is 169 Å². The van der Waals surface area contributed by atoms with Crippen LogP contribution in [0.25, 0.3) is 0 Å². The van der Waals surface area contributed by atoms with Gasteiger partial charge in [0.05, 0.1) is 0 Å². The Morgan fingerprint density at radius 3 is 1.31 bits per heavy atom. The summed E-state index contributed by atoms with van der Waals surface area (Å²) in [6, 6.07) is 0. The van der Waals surface area contributed by atoms with Crippen molar-refractivity contribution in [2.75, 3.05) is 6.61 Å². The van der Waals surface area contributed by atoms with Gasteiger partial charge in [-0.2, -0.15) is 52.7 Å². The van der Waals surface area contributed by atoms with Gasteiger partial charge >= 0.3 is 36.6 Å². The third kappa shape index (κ3) is 4.69. The maximum absolute atomic E-state index is 13.4. The first kappa shape index (κ1) is 30.0. The van der Waals surface area contributed by atoms with Crippen LogP contribution in [0.4, 0.5) is 52.7 Å². The molecule has 0 bridgehead atoms. The van der Waals surface area contributed by atoms with Crippen molar-refractivity contribution in [2.45, 2.75) is 56.2 Å². The SMILES string of the molecule is CC(C)(C(=O)O)C(OCCC(C(=O)O)C(O)(C(F)(F)F)C(F)(F)F)(C(F)(F)F)C(F)(F)F. The summed E-state index contributed by atoms with van der Waals surface area (Å²) in [6.07, 6.45) is -29.2. The summed E-state index contributed by atoms with van der Waals surface area (Å²) in [5.74, 6) is -9.94. The minimum absolute atomic E-state index is 0.132. The van der Waals surface area contributed by atoms with Gasteiger partial charge in [0.1, 0.15) is 11.3 Å². The van der Waals surface area contributed by atoms with Gasteiger partial charge in [-0.1, -0.05) is 0 Å². The number of ether oxygens (including phenoxy) is 1. The Balaban J connectivity index is 6.51. The highest BCUT2D eigenvalue weighted by molar-refractivity contribution is 5.76. The second kappa shape index (κ2) is 8.42. The van der Waals surface area contributed by atoms with Crippen molar-refractivity contribution in [1.82, 2.24) is 0 Å². The zero-order chi connectivity index (χ0) is 26.4. The molecule has 32 heavy (non-hydrogen) atoms. The van der Waals surface area contributed by atoms with Crippen LogP contribution in [0, 0.1) is 11.3 Å². The first-order valence-corrected chi connectivity index (χ1v) is 7.83. The van der Waals surface area contributed by atoms with Crippen molar-refractivity contribution < 1.29 is 82.3 Å². The Morgan fingerprint density at radius 2 is 1.09 bits per heavy atom. The fourth-order valence-electron chi connectivity index (χ4n) is 2.76. The summed E-state index contributed by atoms with van der Waals surface area (Å²) in [4.78, 5) is 22.0. The molecule has 0 rings (SSSR count). The lowest BCUT2D eigenvalue weighted by atomic mass is 9.73. The summed E-state index contributed by atoms with van der Waals surface area (Å²) in [5, 5.41) is 26.6. The van der Waals surface area contributed by atoms with Crippen molar-refractivity contribution in [2.24, 2.45) is 11.3 Å². The number of alkyl halides is 12. The number of hydrogen-bond acceptors (Lipinski definition) is 4. The number of aliphatic hydroxyl groups is 1. The van der Waals surface area contributed by atoms with Gasteiger partial charge in [-0.05, 0) is 20.3 Å². The average molecular weight is 506 g/mol. The first-order chi connectivity index (χ1) is 13.7. The molecule has 0 aromatic carbocycles. The molecule has 1 unspecified atom stereocenters. The quantitative estimate of drug-likeness (QED) is 0.432. The Bertz CT molecular complexity index is 675. The predicted molar refractivity (Wildman–Crippen MR) is 75.0 cm³/mol. The van der Waals surface area contributed by atoms with E-state index in [1.54, 1.807) is 0 Å². The van der Waals surface area contributed by atoms with Gasteiger partial charge in [0.2, 0.25) is 0 Å². The Morgan fingerprint density at radius 1 is 0.750 bits per heavy atom. The summed E-state index contributed by atoms with van der Waals surface area (Å²) in [6.45, 7) is -2.69. The highest BCUT2D eigenvalue weighted by Gasteiger charge is 2.81. The number of halogens is 12. The van der Waals surface area contributed by atoms with Gasteiger partial charge in [-0.3, -0.25) is 9.59 Å². The molecule has 6 nitrogen and oxygen atoms in total. The van der Waals surface area contributed by atoms with Gasteiger partial charge < -0.3 is 20.1 Å². The van der Waals surface area contributed by atoms with Crippen molar-refractivity contribution in [3.63, 3.8) is 0 Å². The Hall–Kier alpha value is -1.98. The molecule has 0 heterocycles. The number of carboxylic acids is 2. The lowest BCUT2D eigenvalue weighted by molar-refractivity contribution is -0.410. The van der Waals surface area contributed by atoms with Crippen molar-refractivity contribution in [3.05, 3.63) is 0 Å². The van der Waals surface area contributed by atoms with E-state index >= 15 is 0 Å². The van der Waals surface area contributed by atoms with E-state index in [0.717, 1.165) is 0 Å². The summed E-state index contributed by atoms with van der Waals surface area (Å²) >= 11 is 0. The number of aliphatic carboxylic acids is 2. The van der Waals surface area contributed by atoms with Crippen LogP contribution in [0.5, 0.6) is 0 Å². The monoisotopic (exact) mass is 506 g/mol. The van der Waals surface area contributed by atoms with Crippen LogP contribution in [0.2, 0.25) is 0 Å². The highest BCUT2D eigenvalue weighted by atomic mass is 19.4.